The van der Waals surface area contributed by atoms with Crippen molar-refractivity contribution in [2.75, 3.05) is 18.5 Å². The van der Waals surface area contributed by atoms with E-state index in [1.807, 2.05) is 0 Å². The van der Waals surface area contributed by atoms with Crippen molar-refractivity contribution in [2.24, 2.45) is 23.7 Å². The van der Waals surface area contributed by atoms with Gasteiger partial charge >= 0.3 is 12.1 Å². The molecule has 246 valence electrons. The smallest absolute Gasteiger partial charge is 0.407 e. The lowest BCUT2D eigenvalue weighted by Gasteiger charge is -2.37. The maximum Gasteiger partial charge on any atom is 0.407 e. The van der Waals surface area contributed by atoms with E-state index in [0.717, 1.165) is 32.1 Å². The number of carbonyl (C=O) groups excluding carboxylic acids is 3. The molecule has 0 radical (unpaired) electrons. The SMILES string of the molecule is CC(C)(C)OC(=O)N[C@@H](CF)[C@H]1CC[C@@H](C(=O)N2CC[C@@H](C3CCCCC3)[C@H]2C(=O)Nc2ccc3[nH]c(C(=O)O)nc3c2)CC1. The number of amides is 3. The highest BCUT2D eigenvalue weighted by molar-refractivity contribution is 5.99. The number of H-pyrrole nitrogens is 1. The van der Waals surface area contributed by atoms with E-state index < -0.39 is 36.4 Å². The van der Waals surface area contributed by atoms with Gasteiger partial charge < -0.3 is 30.4 Å². The Labute approximate surface area is 263 Å². The highest BCUT2D eigenvalue weighted by atomic mass is 19.1. The summed E-state index contributed by atoms with van der Waals surface area (Å²) in [7, 11) is 0. The molecule has 1 aliphatic heterocycles. The largest absolute Gasteiger partial charge is 0.475 e. The lowest BCUT2D eigenvalue weighted by molar-refractivity contribution is -0.142. The predicted octanol–water partition coefficient (Wildman–Crippen LogP) is 5.67. The fourth-order valence-corrected chi connectivity index (χ4v) is 7.60. The van der Waals surface area contributed by atoms with Gasteiger partial charge in [0.25, 0.3) is 0 Å². The van der Waals surface area contributed by atoms with Crippen LogP contribution in [-0.4, -0.2) is 74.8 Å². The number of rotatable bonds is 8. The zero-order valence-corrected chi connectivity index (χ0v) is 26.4. The number of carboxylic acids is 1. The van der Waals surface area contributed by atoms with Crippen LogP contribution in [0.4, 0.5) is 14.9 Å². The number of benzene rings is 1. The molecule has 4 N–H and O–H groups in total. The average molecular weight is 628 g/mol. The second-order valence-electron chi connectivity index (χ2n) is 14.0. The highest BCUT2D eigenvalue weighted by Crippen LogP contribution is 2.41. The normalized spacial score (nSPS) is 25.1. The standard InChI is InChI=1S/C33H46FN5O6/c1-33(2,3)45-32(44)38-26(18-34)20-9-11-21(12-10-20)30(41)39-16-15-23(19-7-5-4-6-8-19)27(39)29(40)35-22-13-14-24-25(17-22)37-28(36-24)31(42)43/h13-14,17,19-21,23,26-27H,4-12,15-16,18H2,1-3H3,(H,35,40)(H,36,37)(H,38,44)(H,42,43)/t20-,21+,23-,26-,27-/m0/s1. The Morgan fingerprint density at radius 1 is 1.07 bits per heavy atom. The van der Waals surface area contributed by atoms with E-state index in [2.05, 4.69) is 20.6 Å². The van der Waals surface area contributed by atoms with E-state index >= 15 is 0 Å². The zero-order chi connectivity index (χ0) is 32.3. The number of alkyl halides is 1. The van der Waals surface area contributed by atoms with Gasteiger partial charge in [0, 0.05) is 18.2 Å². The number of ether oxygens (including phenoxy) is 1. The van der Waals surface area contributed by atoms with Gasteiger partial charge in [0.1, 0.15) is 18.3 Å². The minimum absolute atomic E-state index is 0.0299. The number of alkyl carbamates (subject to hydrolysis) is 1. The molecule has 1 aromatic carbocycles. The molecule has 3 amide bonds. The summed E-state index contributed by atoms with van der Waals surface area (Å²) in [5.74, 6) is -1.54. The topological polar surface area (TPSA) is 154 Å². The first-order chi connectivity index (χ1) is 21.4. The van der Waals surface area contributed by atoms with Gasteiger partial charge in [-0.05, 0) is 88.8 Å². The van der Waals surface area contributed by atoms with Crippen LogP contribution in [0, 0.1) is 23.7 Å². The van der Waals surface area contributed by atoms with Gasteiger partial charge in [-0.1, -0.05) is 32.1 Å². The summed E-state index contributed by atoms with van der Waals surface area (Å²) in [6.45, 7) is 5.08. The fraction of sp³-hybridized carbons (Fsp3) is 0.667. The Kier molecular flexibility index (Phi) is 9.98. The van der Waals surface area contributed by atoms with Crippen LogP contribution in [0.1, 0.15) is 95.6 Å². The number of hydrogen-bond acceptors (Lipinski definition) is 6. The third kappa shape index (κ3) is 7.76. The molecule has 3 aliphatic rings. The van der Waals surface area contributed by atoms with Crippen molar-refractivity contribution >= 4 is 40.6 Å². The first kappa shape index (κ1) is 32.7. The minimum Gasteiger partial charge on any atom is -0.475 e. The van der Waals surface area contributed by atoms with E-state index in [-0.39, 0.29) is 35.4 Å². The van der Waals surface area contributed by atoms with Crippen molar-refractivity contribution in [3.05, 3.63) is 24.0 Å². The number of carbonyl (C=O) groups is 4. The molecule has 1 aromatic heterocycles. The van der Waals surface area contributed by atoms with E-state index in [0.29, 0.717) is 54.9 Å². The second kappa shape index (κ2) is 13.7. The predicted molar refractivity (Wildman–Crippen MR) is 166 cm³/mol. The second-order valence-corrected chi connectivity index (χ2v) is 14.0. The number of anilines is 1. The summed E-state index contributed by atoms with van der Waals surface area (Å²) in [5, 5.41) is 15.0. The van der Waals surface area contributed by atoms with Crippen LogP contribution in [0.3, 0.4) is 0 Å². The molecule has 2 aromatic rings. The molecule has 0 unspecified atom stereocenters. The van der Waals surface area contributed by atoms with E-state index in [1.165, 1.54) is 6.42 Å². The van der Waals surface area contributed by atoms with Gasteiger partial charge in [-0.3, -0.25) is 9.59 Å². The number of aromatic nitrogens is 2. The Morgan fingerprint density at radius 3 is 2.42 bits per heavy atom. The summed E-state index contributed by atoms with van der Waals surface area (Å²) in [4.78, 5) is 60.2. The van der Waals surface area contributed by atoms with E-state index in [1.54, 1.807) is 43.9 Å². The minimum atomic E-state index is -1.17. The van der Waals surface area contributed by atoms with Gasteiger partial charge in [0.15, 0.2) is 0 Å². The van der Waals surface area contributed by atoms with Crippen LogP contribution in [0.2, 0.25) is 0 Å². The lowest BCUT2D eigenvalue weighted by atomic mass is 9.76. The molecular formula is C33H46FN5O6. The monoisotopic (exact) mass is 627 g/mol. The number of imidazole rings is 1. The average Bonchev–Trinajstić information content (AvgIpc) is 3.64. The van der Waals surface area contributed by atoms with Crippen molar-refractivity contribution in [1.82, 2.24) is 20.2 Å². The van der Waals surface area contributed by atoms with Crippen LogP contribution in [0.15, 0.2) is 18.2 Å². The molecule has 12 heteroatoms. The molecule has 1 saturated heterocycles. The summed E-state index contributed by atoms with van der Waals surface area (Å²) < 4.78 is 19.3. The molecule has 0 bridgehead atoms. The fourth-order valence-electron chi connectivity index (χ4n) is 7.60. The third-order valence-electron chi connectivity index (χ3n) is 9.76. The van der Waals surface area contributed by atoms with Gasteiger partial charge in [0.2, 0.25) is 17.6 Å². The van der Waals surface area contributed by atoms with Gasteiger partial charge in [-0.25, -0.2) is 19.0 Å². The van der Waals surface area contributed by atoms with Crippen LogP contribution in [-0.2, 0) is 14.3 Å². The Hall–Kier alpha value is -3.70. The van der Waals surface area contributed by atoms with Crippen molar-refractivity contribution in [3.8, 4) is 0 Å². The molecule has 2 aliphatic carbocycles. The number of aromatic carboxylic acids is 1. The summed E-state index contributed by atoms with van der Waals surface area (Å²) in [5.41, 5.74) is 0.791. The maximum atomic E-state index is 14.0. The van der Waals surface area contributed by atoms with Crippen molar-refractivity contribution in [1.29, 1.82) is 0 Å². The van der Waals surface area contributed by atoms with Crippen LogP contribution >= 0.6 is 0 Å². The number of aromatic amines is 1. The van der Waals surface area contributed by atoms with Crippen LogP contribution < -0.4 is 10.6 Å². The molecule has 3 atom stereocenters. The number of halogens is 1. The first-order valence-corrected chi connectivity index (χ1v) is 16.3. The van der Waals surface area contributed by atoms with Crippen molar-refractivity contribution in [2.45, 2.75) is 103 Å². The molecule has 5 rings (SSSR count). The molecule has 2 saturated carbocycles. The number of nitrogens with zero attached hydrogens (tertiary/aromatic N) is 2. The number of likely N-dealkylation sites (tertiary alicyclic amines) is 1. The number of fused-ring (bicyclic) bond motifs is 1. The molecule has 2 heterocycles. The lowest BCUT2D eigenvalue weighted by Crippen LogP contribution is -2.50. The summed E-state index contributed by atoms with van der Waals surface area (Å²) in [6, 6.07) is 3.75. The molecule has 45 heavy (non-hydrogen) atoms. The third-order valence-corrected chi connectivity index (χ3v) is 9.76. The van der Waals surface area contributed by atoms with Crippen LogP contribution in [0.25, 0.3) is 11.0 Å². The molecular weight excluding hydrogens is 581 g/mol. The van der Waals surface area contributed by atoms with Crippen molar-refractivity contribution in [3.63, 3.8) is 0 Å². The van der Waals surface area contributed by atoms with Gasteiger partial charge in [-0.2, -0.15) is 0 Å². The number of hydrogen-bond donors (Lipinski definition) is 4. The highest BCUT2D eigenvalue weighted by Gasteiger charge is 2.47. The van der Waals surface area contributed by atoms with E-state index in [9.17, 15) is 28.7 Å². The number of carboxylic acid groups (broad SMARTS) is 1. The molecule has 3 fully saturated rings. The number of nitrogens with one attached hydrogen (secondary N) is 3. The van der Waals surface area contributed by atoms with Gasteiger partial charge in [0.05, 0.1) is 17.1 Å². The zero-order valence-electron chi connectivity index (χ0n) is 26.4. The van der Waals surface area contributed by atoms with Crippen molar-refractivity contribution < 1.29 is 33.4 Å². The molecule has 0 spiro atoms. The quantitative estimate of drug-likeness (QED) is 0.294. The Bertz CT molecular complexity index is 1390. The maximum absolute atomic E-state index is 14.0. The molecule has 11 nitrogen and oxygen atoms in total. The Morgan fingerprint density at radius 2 is 1.78 bits per heavy atom. The Balaban J connectivity index is 1.27. The van der Waals surface area contributed by atoms with E-state index in [4.69, 9.17) is 4.74 Å². The summed E-state index contributed by atoms with van der Waals surface area (Å²) in [6.07, 6.45) is 8.00. The van der Waals surface area contributed by atoms with Crippen LogP contribution in [0.5, 0.6) is 0 Å². The first-order valence-electron chi connectivity index (χ1n) is 16.3. The van der Waals surface area contributed by atoms with Gasteiger partial charge in [-0.15, -0.1) is 0 Å². The summed E-state index contributed by atoms with van der Waals surface area (Å²) >= 11 is 0.